The molecule has 8 nitrogen and oxygen atoms in total. The third-order valence-electron chi connectivity index (χ3n) is 8.27. The molecule has 4 aliphatic carbocycles. The van der Waals surface area contributed by atoms with Crippen LogP contribution < -0.4 is 15.4 Å². The minimum absolute atomic E-state index is 0.152. The van der Waals surface area contributed by atoms with Crippen LogP contribution in [0.3, 0.4) is 0 Å². The van der Waals surface area contributed by atoms with Crippen molar-refractivity contribution >= 4 is 17.7 Å². The lowest BCUT2D eigenvalue weighted by atomic mass is 9.50. The van der Waals surface area contributed by atoms with Crippen molar-refractivity contribution in [3.8, 4) is 5.88 Å². The molecular formula is C22H30N4O4. The van der Waals surface area contributed by atoms with Crippen molar-refractivity contribution in [1.29, 1.82) is 0 Å². The fraction of sp³-hybridized carbons (Fsp3) is 0.727. The number of hydrogen-bond donors (Lipinski definition) is 3. The number of aromatic nitrogens is 2. The Kier molecular flexibility index (Phi) is 4.63. The first-order chi connectivity index (χ1) is 14.4. The predicted molar refractivity (Wildman–Crippen MR) is 109 cm³/mol. The molecule has 162 valence electrons. The number of carbonyl (C=O) groups excluding carboxylic acids is 1. The lowest BCUT2D eigenvalue weighted by Gasteiger charge is -2.56. The molecule has 4 saturated carbocycles. The Morgan fingerprint density at radius 3 is 2.53 bits per heavy atom. The van der Waals surface area contributed by atoms with Crippen molar-refractivity contribution in [2.75, 3.05) is 12.4 Å². The summed E-state index contributed by atoms with van der Waals surface area (Å²) >= 11 is 0. The molecule has 3 unspecified atom stereocenters. The number of methoxy groups -OCH3 is 1. The minimum atomic E-state index is -0.689. The number of aliphatic carboxylic acids is 1. The maximum atomic E-state index is 13.2. The quantitative estimate of drug-likeness (QED) is 0.656. The van der Waals surface area contributed by atoms with Crippen LogP contribution in [0.15, 0.2) is 6.33 Å². The van der Waals surface area contributed by atoms with Crippen LogP contribution in [0, 0.1) is 29.1 Å². The van der Waals surface area contributed by atoms with E-state index in [1.165, 1.54) is 32.7 Å². The number of hydrogen-bond acceptors (Lipinski definition) is 6. The lowest BCUT2D eigenvalue weighted by Crippen LogP contribution is -2.54. The number of amides is 1. The molecule has 4 fully saturated rings. The number of anilines is 1. The molecule has 1 spiro atoms. The van der Waals surface area contributed by atoms with Gasteiger partial charge >= 0.3 is 5.97 Å². The Bertz CT molecular complexity index is 859. The van der Waals surface area contributed by atoms with Crippen LogP contribution in [0.4, 0.5) is 5.82 Å². The van der Waals surface area contributed by atoms with E-state index in [1.54, 1.807) is 0 Å². The van der Waals surface area contributed by atoms with Gasteiger partial charge in [0.15, 0.2) is 0 Å². The first-order valence-corrected chi connectivity index (χ1v) is 11.1. The fourth-order valence-corrected chi connectivity index (χ4v) is 6.66. The number of nitrogens with zero attached hydrogens (tertiary/aromatic N) is 2. The summed E-state index contributed by atoms with van der Waals surface area (Å²) in [5.41, 5.74) is 0.520. The second kappa shape index (κ2) is 7.10. The number of nitrogens with one attached hydrogen (secondary N) is 2. The standard InChI is InChI=1S/C22H30N4O4/c1-11-12-3-4-13(5-12)17(11)26-19(27)16-18(23-10-24-20(16)30-2)25-15-8-22(9-15)6-14(7-22)21(28)29/h10-15,17H,3-9H2,1-2H3,(H,26,27)(H,28,29)(H,23,24,25)/t11?,12?,13-,14?,15?,17?,22?/m0/s1. The van der Waals surface area contributed by atoms with E-state index in [2.05, 4.69) is 27.5 Å². The van der Waals surface area contributed by atoms with E-state index in [1.807, 2.05) is 0 Å². The van der Waals surface area contributed by atoms with Crippen LogP contribution in [0.2, 0.25) is 0 Å². The van der Waals surface area contributed by atoms with E-state index in [0.29, 0.717) is 23.2 Å². The van der Waals surface area contributed by atoms with E-state index in [4.69, 9.17) is 9.84 Å². The van der Waals surface area contributed by atoms with Crippen LogP contribution in [0.25, 0.3) is 0 Å². The first kappa shape index (κ1) is 19.6. The minimum Gasteiger partial charge on any atom is -0.481 e. The number of carbonyl (C=O) groups is 2. The summed E-state index contributed by atoms with van der Waals surface area (Å²) in [5.74, 6) is 1.49. The zero-order valence-corrected chi connectivity index (χ0v) is 17.6. The van der Waals surface area contributed by atoms with Gasteiger partial charge in [-0.1, -0.05) is 6.92 Å². The Morgan fingerprint density at radius 2 is 1.90 bits per heavy atom. The van der Waals surface area contributed by atoms with Crippen LogP contribution in [0.1, 0.15) is 62.2 Å². The van der Waals surface area contributed by atoms with Crippen molar-refractivity contribution < 1.29 is 19.4 Å². The van der Waals surface area contributed by atoms with Crippen LogP contribution in [-0.2, 0) is 4.79 Å². The van der Waals surface area contributed by atoms with E-state index in [0.717, 1.165) is 31.6 Å². The molecule has 3 N–H and O–H groups in total. The SMILES string of the molecule is COc1ncnc(NC2CC3(C2)CC(C(=O)O)C3)c1C(=O)NC1C(C)C2CC[C@H]1C2. The van der Waals surface area contributed by atoms with Crippen molar-refractivity contribution in [2.45, 2.75) is 64.0 Å². The van der Waals surface area contributed by atoms with Crippen LogP contribution in [0.5, 0.6) is 5.88 Å². The monoisotopic (exact) mass is 414 g/mol. The van der Waals surface area contributed by atoms with E-state index in [-0.39, 0.29) is 35.2 Å². The van der Waals surface area contributed by atoms with Gasteiger partial charge in [-0.25, -0.2) is 9.97 Å². The molecule has 4 atom stereocenters. The molecule has 0 aromatic carbocycles. The second-order valence-electron chi connectivity index (χ2n) is 9.99. The molecule has 0 saturated heterocycles. The normalized spacial score (nSPS) is 38.6. The van der Waals surface area contributed by atoms with Crippen molar-refractivity contribution in [1.82, 2.24) is 15.3 Å². The zero-order chi connectivity index (χ0) is 21.0. The molecule has 30 heavy (non-hydrogen) atoms. The first-order valence-electron chi connectivity index (χ1n) is 11.1. The van der Waals surface area contributed by atoms with Gasteiger partial charge in [0.25, 0.3) is 5.91 Å². The molecule has 1 amide bonds. The average Bonchev–Trinajstić information content (AvgIpc) is 3.24. The highest BCUT2D eigenvalue weighted by atomic mass is 16.5. The van der Waals surface area contributed by atoms with Gasteiger partial charge in [0, 0.05) is 12.1 Å². The Balaban J connectivity index is 1.27. The van der Waals surface area contributed by atoms with Gasteiger partial charge in [-0.05, 0) is 68.1 Å². The summed E-state index contributed by atoms with van der Waals surface area (Å²) < 4.78 is 5.39. The summed E-state index contributed by atoms with van der Waals surface area (Å²) in [5, 5.41) is 15.8. The van der Waals surface area contributed by atoms with Gasteiger partial charge in [-0.15, -0.1) is 0 Å². The van der Waals surface area contributed by atoms with E-state index in [9.17, 15) is 9.59 Å². The summed E-state index contributed by atoms with van der Waals surface area (Å²) in [6.07, 6.45) is 8.41. The maximum absolute atomic E-state index is 13.2. The Labute approximate surface area is 176 Å². The molecule has 1 heterocycles. The van der Waals surface area contributed by atoms with Crippen molar-refractivity contribution in [2.24, 2.45) is 29.1 Å². The van der Waals surface area contributed by atoms with E-state index < -0.39 is 5.97 Å². The topological polar surface area (TPSA) is 113 Å². The molecule has 5 rings (SSSR count). The molecule has 1 aromatic heterocycles. The third kappa shape index (κ3) is 3.11. The zero-order valence-electron chi connectivity index (χ0n) is 17.6. The number of rotatable bonds is 6. The van der Waals surface area contributed by atoms with Gasteiger partial charge in [-0.2, -0.15) is 0 Å². The molecule has 4 aliphatic rings. The van der Waals surface area contributed by atoms with Gasteiger partial charge in [0.2, 0.25) is 5.88 Å². The van der Waals surface area contributed by atoms with Crippen LogP contribution >= 0.6 is 0 Å². The lowest BCUT2D eigenvalue weighted by molar-refractivity contribution is -0.154. The number of fused-ring (bicyclic) bond motifs is 2. The highest BCUT2D eigenvalue weighted by Gasteiger charge is 2.55. The maximum Gasteiger partial charge on any atom is 0.306 e. The Morgan fingerprint density at radius 1 is 1.17 bits per heavy atom. The number of carboxylic acid groups (broad SMARTS) is 1. The average molecular weight is 415 g/mol. The second-order valence-corrected chi connectivity index (χ2v) is 9.99. The van der Waals surface area contributed by atoms with Gasteiger partial charge in [-0.3, -0.25) is 9.59 Å². The smallest absolute Gasteiger partial charge is 0.306 e. The van der Waals surface area contributed by atoms with Crippen molar-refractivity contribution in [3.05, 3.63) is 11.9 Å². The molecule has 0 radical (unpaired) electrons. The van der Waals surface area contributed by atoms with Crippen LogP contribution in [-0.4, -0.2) is 46.1 Å². The fourth-order valence-electron chi connectivity index (χ4n) is 6.66. The predicted octanol–water partition coefficient (Wildman–Crippen LogP) is 2.70. The van der Waals surface area contributed by atoms with Gasteiger partial charge in [0.05, 0.1) is 13.0 Å². The van der Waals surface area contributed by atoms with Crippen molar-refractivity contribution in [3.63, 3.8) is 0 Å². The largest absolute Gasteiger partial charge is 0.481 e. The highest BCUT2D eigenvalue weighted by molar-refractivity contribution is 6.01. The van der Waals surface area contributed by atoms with Gasteiger partial charge < -0.3 is 20.5 Å². The summed E-state index contributed by atoms with van der Waals surface area (Å²) in [6, 6.07) is 0.385. The summed E-state index contributed by atoms with van der Waals surface area (Å²) in [7, 11) is 1.52. The third-order valence-corrected chi connectivity index (χ3v) is 8.27. The summed E-state index contributed by atoms with van der Waals surface area (Å²) in [4.78, 5) is 32.8. The van der Waals surface area contributed by atoms with E-state index >= 15 is 0 Å². The Hall–Kier alpha value is -2.38. The molecular weight excluding hydrogens is 384 g/mol. The molecule has 2 bridgehead atoms. The number of carboxylic acids is 1. The molecule has 8 heteroatoms. The van der Waals surface area contributed by atoms with Gasteiger partial charge in [0.1, 0.15) is 17.7 Å². The number of ether oxygens (including phenoxy) is 1. The molecule has 1 aromatic rings. The summed E-state index contributed by atoms with van der Waals surface area (Å²) in [6.45, 7) is 2.24. The highest BCUT2D eigenvalue weighted by Crippen LogP contribution is 2.59. The molecule has 0 aliphatic heterocycles.